The van der Waals surface area contributed by atoms with E-state index in [1.165, 1.54) is 39.5 Å². The van der Waals surface area contributed by atoms with Crippen molar-refractivity contribution in [3.63, 3.8) is 0 Å². The zero-order chi connectivity index (χ0) is 22.6. The highest BCUT2D eigenvalue weighted by atomic mass is 32.2. The highest BCUT2D eigenvalue weighted by Gasteiger charge is 2.40. The van der Waals surface area contributed by atoms with Gasteiger partial charge in [-0.3, -0.25) is 4.79 Å². The molecule has 0 spiro atoms. The Morgan fingerprint density at radius 3 is 2.66 bits per heavy atom. The highest BCUT2D eigenvalue weighted by Crippen LogP contribution is 2.29. The quantitative estimate of drug-likeness (QED) is 0.520. The van der Waals surface area contributed by atoms with E-state index in [0.29, 0.717) is 18.1 Å². The van der Waals surface area contributed by atoms with Crippen LogP contribution in [-0.4, -0.2) is 47.9 Å². The third kappa shape index (κ3) is 4.98. The number of hydrogen-bond donors (Lipinski definition) is 1. The summed E-state index contributed by atoms with van der Waals surface area (Å²) >= 11 is 2.93. The molecule has 1 N–H and O–H groups in total. The molecule has 2 aromatic carbocycles. The van der Waals surface area contributed by atoms with Gasteiger partial charge in [0.25, 0.3) is 0 Å². The first-order valence-electron chi connectivity index (χ1n) is 10.1. The summed E-state index contributed by atoms with van der Waals surface area (Å²) < 4.78 is 32.9. The van der Waals surface area contributed by atoms with Crippen LogP contribution in [0.5, 0.6) is 5.75 Å². The van der Waals surface area contributed by atoms with Gasteiger partial charge >= 0.3 is 0 Å². The number of nitrogens with zero attached hydrogens (tertiary/aromatic N) is 2. The Kier molecular flexibility index (Phi) is 7.14. The van der Waals surface area contributed by atoms with Gasteiger partial charge in [-0.15, -0.1) is 23.1 Å². The van der Waals surface area contributed by atoms with Crippen molar-refractivity contribution >= 4 is 39.0 Å². The largest absolute Gasteiger partial charge is 0.494 e. The maximum Gasteiger partial charge on any atom is 0.244 e. The lowest BCUT2D eigenvalue weighted by molar-refractivity contribution is -0.124. The maximum absolute atomic E-state index is 13.1. The summed E-state index contributed by atoms with van der Waals surface area (Å²) in [5.74, 6) is 0.935. The summed E-state index contributed by atoms with van der Waals surface area (Å²) in [4.78, 5) is 17.6. The summed E-state index contributed by atoms with van der Waals surface area (Å²) in [7, 11) is -3.80. The molecule has 1 atom stereocenters. The van der Waals surface area contributed by atoms with Crippen LogP contribution in [-0.2, 0) is 21.4 Å². The molecule has 0 saturated carbocycles. The van der Waals surface area contributed by atoms with E-state index in [0.717, 1.165) is 16.3 Å². The van der Waals surface area contributed by atoms with Crippen LogP contribution in [0.2, 0.25) is 0 Å². The van der Waals surface area contributed by atoms with Gasteiger partial charge in [-0.05, 0) is 31.2 Å². The Balaban J connectivity index is 1.41. The van der Waals surface area contributed by atoms with Crippen LogP contribution < -0.4 is 10.1 Å². The van der Waals surface area contributed by atoms with Gasteiger partial charge in [0.1, 0.15) is 16.8 Å². The molecule has 1 aromatic heterocycles. The van der Waals surface area contributed by atoms with Crippen molar-refractivity contribution < 1.29 is 17.9 Å². The van der Waals surface area contributed by atoms with Crippen LogP contribution in [0.25, 0.3) is 10.6 Å². The number of aromatic nitrogens is 1. The molecule has 1 aliphatic rings. The molecule has 0 aliphatic carbocycles. The second-order valence-corrected chi connectivity index (χ2v) is 10.8. The fourth-order valence-electron chi connectivity index (χ4n) is 3.28. The molecule has 168 valence electrons. The van der Waals surface area contributed by atoms with E-state index in [9.17, 15) is 13.2 Å². The van der Waals surface area contributed by atoms with Gasteiger partial charge in [0.2, 0.25) is 15.9 Å². The number of benzene rings is 2. The summed E-state index contributed by atoms with van der Waals surface area (Å²) in [6.07, 6.45) is 0. The van der Waals surface area contributed by atoms with Crippen LogP contribution >= 0.6 is 23.1 Å². The standard InChI is InChI=1S/C22H23N3O4S3/c1-2-29-18-8-10-19(11-9-18)32(27,28)25-15-30-14-20(25)21(26)23-12-17-13-31-22(24-17)16-6-4-3-5-7-16/h3-11,13,20H,2,12,14-15H2,1H3,(H,23,26)/t20-/m1/s1. The van der Waals surface area contributed by atoms with Crippen molar-refractivity contribution in [2.45, 2.75) is 24.4 Å². The first kappa shape index (κ1) is 22.8. The lowest BCUT2D eigenvalue weighted by Gasteiger charge is -2.22. The van der Waals surface area contributed by atoms with Crippen LogP contribution in [0.15, 0.2) is 64.9 Å². The molecule has 32 heavy (non-hydrogen) atoms. The summed E-state index contributed by atoms with van der Waals surface area (Å²) in [6, 6.07) is 15.3. The number of sulfonamides is 1. The van der Waals surface area contributed by atoms with Crippen LogP contribution in [0, 0.1) is 0 Å². The van der Waals surface area contributed by atoms with Gasteiger partial charge in [0, 0.05) is 16.7 Å². The average Bonchev–Trinajstić information content (AvgIpc) is 3.49. The van der Waals surface area contributed by atoms with Gasteiger partial charge in [0.05, 0.1) is 29.6 Å². The predicted octanol–water partition coefficient (Wildman–Crippen LogP) is 3.59. The van der Waals surface area contributed by atoms with Crippen LogP contribution in [0.3, 0.4) is 0 Å². The fourth-order valence-corrected chi connectivity index (χ4v) is 7.25. The van der Waals surface area contributed by atoms with Crippen LogP contribution in [0.4, 0.5) is 0 Å². The van der Waals surface area contributed by atoms with Gasteiger partial charge in [0.15, 0.2) is 0 Å². The lowest BCUT2D eigenvalue weighted by Crippen LogP contribution is -2.46. The summed E-state index contributed by atoms with van der Waals surface area (Å²) in [5, 5.41) is 5.63. The van der Waals surface area contributed by atoms with E-state index in [1.807, 2.05) is 42.6 Å². The third-order valence-electron chi connectivity index (χ3n) is 4.90. The number of nitrogens with one attached hydrogen (secondary N) is 1. The number of thiazole rings is 1. The van der Waals surface area contributed by atoms with E-state index >= 15 is 0 Å². The molecule has 0 radical (unpaired) electrons. The van der Waals surface area contributed by atoms with Crippen LogP contribution in [0.1, 0.15) is 12.6 Å². The Hall–Kier alpha value is -2.40. The maximum atomic E-state index is 13.1. The minimum atomic E-state index is -3.80. The zero-order valence-corrected chi connectivity index (χ0v) is 19.9. The third-order valence-corrected chi connectivity index (χ3v) is 8.89. The number of thioether (sulfide) groups is 1. The summed E-state index contributed by atoms with van der Waals surface area (Å²) in [6.45, 7) is 2.62. The minimum Gasteiger partial charge on any atom is -0.494 e. The first-order chi connectivity index (χ1) is 15.5. The number of carbonyl (C=O) groups excluding carboxylic acids is 1. The van der Waals surface area contributed by atoms with Gasteiger partial charge in [-0.1, -0.05) is 30.3 Å². The second kappa shape index (κ2) is 10.0. The van der Waals surface area contributed by atoms with E-state index in [-0.39, 0.29) is 23.2 Å². The molecule has 1 aliphatic heterocycles. The monoisotopic (exact) mass is 489 g/mol. The van der Waals surface area contributed by atoms with E-state index in [2.05, 4.69) is 10.3 Å². The SMILES string of the molecule is CCOc1ccc(S(=O)(=O)N2CSC[C@@H]2C(=O)NCc2csc(-c3ccccc3)n2)cc1. The molecule has 0 bridgehead atoms. The number of hydrogen-bond acceptors (Lipinski definition) is 7. The molecular formula is C22H23N3O4S3. The molecule has 1 amide bonds. The predicted molar refractivity (Wildman–Crippen MR) is 127 cm³/mol. The molecular weight excluding hydrogens is 466 g/mol. The van der Waals surface area contributed by atoms with Crippen molar-refractivity contribution in [2.75, 3.05) is 18.2 Å². The molecule has 10 heteroatoms. The molecule has 2 heterocycles. The summed E-state index contributed by atoms with van der Waals surface area (Å²) in [5.41, 5.74) is 1.77. The molecule has 0 unspecified atom stereocenters. The molecule has 3 aromatic rings. The van der Waals surface area contributed by atoms with E-state index in [4.69, 9.17) is 4.74 Å². The number of carbonyl (C=O) groups is 1. The smallest absolute Gasteiger partial charge is 0.244 e. The topological polar surface area (TPSA) is 88.6 Å². The van der Waals surface area contributed by atoms with E-state index in [1.54, 1.807) is 12.1 Å². The number of amides is 1. The zero-order valence-electron chi connectivity index (χ0n) is 17.4. The second-order valence-electron chi connectivity index (χ2n) is 7.04. The van der Waals surface area contributed by atoms with Crippen molar-refractivity contribution in [2.24, 2.45) is 0 Å². The van der Waals surface area contributed by atoms with Crippen molar-refractivity contribution in [3.05, 3.63) is 65.7 Å². The van der Waals surface area contributed by atoms with Gasteiger partial charge in [-0.2, -0.15) is 4.31 Å². The normalized spacial score (nSPS) is 16.7. The number of ether oxygens (including phenoxy) is 1. The first-order valence-corrected chi connectivity index (χ1v) is 13.6. The van der Waals surface area contributed by atoms with Gasteiger partial charge in [-0.25, -0.2) is 13.4 Å². The molecule has 7 nitrogen and oxygen atoms in total. The lowest BCUT2D eigenvalue weighted by atomic mass is 10.2. The molecule has 1 saturated heterocycles. The number of rotatable bonds is 8. The van der Waals surface area contributed by atoms with Crippen molar-refractivity contribution in [1.29, 1.82) is 0 Å². The highest BCUT2D eigenvalue weighted by molar-refractivity contribution is 8.00. The molecule has 1 fully saturated rings. The van der Waals surface area contributed by atoms with Crippen molar-refractivity contribution in [3.8, 4) is 16.3 Å². The Morgan fingerprint density at radius 1 is 1.19 bits per heavy atom. The Labute approximate surface area is 195 Å². The van der Waals surface area contributed by atoms with Crippen molar-refractivity contribution in [1.82, 2.24) is 14.6 Å². The Morgan fingerprint density at radius 2 is 1.94 bits per heavy atom. The van der Waals surface area contributed by atoms with E-state index < -0.39 is 16.1 Å². The molecule has 4 rings (SSSR count). The Bertz CT molecular complexity index is 1160. The average molecular weight is 490 g/mol. The fraction of sp³-hybridized carbons (Fsp3) is 0.273. The minimum absolute atomic E-state index is 0.147. The van der Waals surface area contributed by atoms with Gasteiger partial charge < -0.3 is 10.1 Å².